The maximum absolute atomic E-state index is 12.2. The van der Waals surface area contributed by atoms with Gasteiger partial charge in [-0.25, -0.2) is 8.42 Å². The second-order valence-electron chi connectivity index (χ2n) is 6.39. The zero-order valence-electron chi connectivity index (χ0n) is 15.1. The summed E-state index contributed by atoms with van der Waals surface area (Å²) in [7, 11) is -3.50. The van der Waals surface area contributed by atoms with Gasteiger partial charge in [-0.05, 0) is 47.9 Å². The molecule has 0 aromatic heterocycles. The molecule has 7 heteroatoms. The smallest absolute Gasteiger partial charge is 0.232 e. The first-order valence-electron chi connectivity index (χ1n) is 8.30. The molecular weight excluding hydrogens is 372 g/mol. The zero-order chi connectivity index (χ0) is 19.3. The molecule has 0 saturated heterocycles. The van der Waals surface area contributed by atoms with E-state index in [0.717, 1.165) is 6.26 Å². The first-order chi connectivity index (χ1) is 12.2. The highest BCUT2D eigenvalue weighted by molar-refractivity contribution is 7.92. The van der Waals surface area contributed by atoms with Gasteiger partial charge in [0.15, 0.2) is 0 Å². The number of amides is 1. The maximum atomic E-state index is 12.2. The molecule has 0 heterocycles. The Morgan fingerprint density at radius 3 is 2.15 bits per heavy atom. The van der Waals surface area contributed by atoms with Crippen molar-refractivity contribution in [1.29, 1.82) is 0 Å². The number of carbonyl (C=O) groups excluding carboxylic acids is 1. The van der Waals surface area contributed by atoms with Crippen molar-refractivity contribution in [2.45, 2.75) is 26.2 Å². The summed E-state index contributed by atoms with van der Waals surface area (Å²) in [5.74, 6) is 0.173. The van der Waals surface area contributed by atoms with Crippen molar-refractivity contribution in [2.75, 3.05) is 22.4 Å². The molecule has 5 nitrogen and oxygen atoms in total. The summed E-state index contributed by atoms with van der Waals surface area (Å²) in [5.41, 5.74) is 2.36. The molecule has 0 saturated carbocycles. The van der Waals surface area contributed by atoms with Crippen LogP contribution >= 0.6 is 11.6 Å². The lowest BCUT2D eigenvalue weighted by atomic mass is 10.0. The topological polar surface area (TPSA) is 66.5 Å². The van der Waals surface area contributed by atoms with Crippen LogP contribution in [-0.4, -0.2) is 27.1 Å². The van der Waals surface area contributed by atoms with Gasteiger partial charge in [0.2, 0.25) is 15.9 Å². The van der Waals surface area contributed by atoms with Gasteiger partial charge >= 0.3 is 0 Å². The average Bonchev–Trinajstić information content (AvgIpc) is 2.56. The SMILES string of the molecule is CC(C)c1ccc(NC(=O)CCN(c2ccc(Cl)cc2)S(C)(=O)=O)cc1. The van der Waals surface area contributed by atoms with Crippen LogP contribution in [-0.2, 0) is 14.8 Å². The van der Waals surface area contributed by atoms with E-state index in [-0.39, 0.29) is 18.9 Å². The largest absolute Gasteiger partial charge is 0.326 e. The van der Waals surface area contributed by atoms with Crippen molar-refractivity contribution in [1.82, 2.24) is 0 Å². The summed E-state index contributed by atoms with van der Waals surface area (Å²) in [6.07, 6.45) is 1.16. The summed E-state index contributed by atoms with van der Waals surface area (Å²) < 4.78 is 25.3. The molecule has 0 aliphatic heterocycles. The number of nitrogens with one attached hydrogen (secondary N) is 1. The molecule has 1 amide bonds. The van der Waals surface area contributed by atoms with E-state index < -0.39 is 10.0 Å². The Morgan fingerprint density at radius 1 is 1.08 bits per heavy atom. The van der Waals surface area contributed by atoms with Gasteiger partial charge in [-0.3, -0.25) is 9.10 Å². The van der Waals surface area contributed by atoms with Crippen molar-refractivity contribution in [3.63, 3.8) is 0 Å². The second kappa shape index (κ2) is 8.56. The summed E-state index contributed by atoms with van der Waals surface area (Å²) in [6.45, 7) is 4.25. The fourth-order valence-corrected chi connectivity index (χ4v) is 3.53. The summed E-state index contributed by atoms with van der Waals surface area (Å²) in [4.78, 5) is 12.2. The Hall–Kier alpha value is -2.05. The summed E-state index contributed by atoms with van der Waals surface area (Å²) in [6, 6.07) is 14.1. The van der Waals surface area contributed by atoms with Gasteiger partial charge in [0.25, 0.3) is 0 Å². The number of hydrogen-bond acceptors (Lipinski definition) is 3. The third-order valence-electron chi connectivity index (χ3n) is 3.92. The van der Waals surface area contributed by atoms with Crippen LogP contribution in [0, 0.1) is 0 Å². The summed E-state index contributed by atoms with van der Waals surface area (Å²) >= 11 is 5.85. The molecule has 2 aromatic carbocycles. The van der Waals surface area contributed by atoms with E-state index in [1.165, 1.54) is 9.87 Å². The quantitative estimate of drug-likeness (QED) is 0.763. The Kier molecular flexibility index (Phi) is 6.67. The van der Waals surface area contributed by atoms with Crippen LogP contribution < -0.4 is 9.62 Å². The number of anilines is 2. The van der Waals surface area contributed by atoms with E-state index in [1.807, 2.05) is 24.3 Å². The van der Waals surface area contributed by atoms with Gasteiger partial charge in [-0.2, -0.15) is 0 Å². The first-order valence-corrected chi connectivity index (χ1v) is 10.5. The van der Waals surface area contributed by atoms with Gasteiger partial charge in [0.1, 0.15) is 0 Å². The van der Waals surface area contributed by atoms with Crippen LogP contribution in [0.2, 0.25) is 5.02 Å². The van der Waals surface area contributed by atoms with Crippen LogP contribution in [0.15, 0.2) is 48.5 Å². The molecule has 0 aliphatic rings. The van der Waals surface area contributed by atoms with E-state index in [0.29, 0.717) is 22.3 Å². The molecule has 26 heavy (non-hydrogen) atoms. The normalized spacial score (nSPS) is 11.4. The first kappa shape index (κ1) is 20.3. The van der Waals surface area contributed by atoms with Crippen molar-refractivity contribution in [3.8, 4) is 0 Å². The van der Waals surface area contributed by atoms with Crippen LogP contribution in [0.3, 0.4) is 0 Å². The average molecular weight is 395 g/mol. The standard InChI is InChI=1S/C19H23ClN2O3S/c1-14(2)15-4-8-17(9-5-15)21-19(23)12-13-22(26(3,24)25)18-10-6-16(20)7-11-18/h4-11,14H,12-13H2,1-3H3,(H,21,23). The molecule has 2 rings (SSSR count). The highest BCUT2D eigenvalue weighted by Gasteiger charge is 2.18. The number of benzene rings is 2. The highest BCUT2D eigenvalue weighted by atomic mass is 35.5. The van der Waals surface area contributed by atoms with Gasteiger partial charge in [0, 0.05) is 23.7 Å². The van der Waals surface area contributed by atoms with Crippen molar-refractivity contribution in [2.24, 2.45) is 0 Å². The molecule has 0 spiro atoms. The molecule has 0 fully saturated rings. The van der Waals surface area contributed by atoms with Crippen LogP contribution in [0.4, 0.5) is 11.4 Å². The predicted octanol–water partition coefficient (Wildman–Crippen LogP) is 4.26. The molecular formula is C19H23ClN2O3S. The Balaban J connectivity index is 2.01. The van der Waals surface area contributed by atoms with E-state index in [4.69, 9.17) is 11.6 Å². The number of carbonyl (C=O) groups is 1. The minimum absolute atomic E-state index is 0.0433. The lowest BCUT2D eigenvalue weighted by Crippen LogP contribution is -2.33. The van der Waals surface area contributed by atoms with Gasteiger partial charge in [0.05, 0.1) is 11.9 Å². The van der Waals surface area contributed by atoms with E-state index in [2.05, 4.69) is 19.2 Å². The maximum Gasteiger partial charge on any atom is 0.232 e. The molecule has 1 N–H and O–H groups in total. The third kappa shape index (κ3) is 5.75. The van der Waals surface area contributed by atoms with Gasteiger partial charge < -0.3 is 5.32 Å². The molecule has 0 aliphatic carbocycles. The van der Waals surface area contributed by atoms with E-state index in [1.54, 1.807) is 24.3 Å². The van der Waals surface area contributed by atoms with Crippen LogP contribution in [0.5, 0.6) is 0 Å². The Bertz CT molecular complexity index is 847. The van der Waals surface area contributed by atoms with Crippen molar-refractivity contribution < 1.29 is 13.2 Å². The minimum atomic E-state index is -3.50. The fourth-order valence-electron chi connectivity index (χ4n) is 2.47. The van der Waals surface area contributed by atoms with Gasteiger partial charge in [-0.1, -0.05) is 37.6 Å². The predicted molar refractivity (Wildman–Crippen MR) is 107 cm³/mol. The Morgan fingerprint density at radius 2 is 1.65 bits per heavy atom. The molecule has 0 bridgehead atoms. The number of nitrogens with zero attached hydrogens (tertiary/aromatic N) is 1. The lowest BCUT2D eigenvalue weighted by Gasteiger charge is -2.22. The Labute approximate surface area is 160 Å². The fraction of sp³-hybridized carbons (Fsp3) is 0.316. The summed E-state index contributed by atoms with van der Waals surface area (Å²) in [5, 5.41) is 3.31. The monoisotopic (exact) mass is 394 g/mol. The van der Waals surface area contributed by atoms with E-state index >= 15 is 0 Å². The molecule has 0 atom stereocenters. The molecule has 140 valence electrons. The zero-order valence-corrected chi connectivity index (χ0v) is 16.6. The molecule has 2 aromatic rings. The minimum Gasteiger partial charge on any atom is -0.326 e. The van der Waals surface area contributed by atoms with Crippen LogP contribution in [0.25, 0.3) is 0 Å². The third-order valence-corrected chi connectivity index (χ3v) is 5.36. The van der Waals surface area contributed by atoms with Crippen molar-refractivity contribution in [3.05, 3.63) is 59.1 Å². The van der Waals surface area contributed by atoms with Gasteiger partial charge in [-0.15, -0.1) is 0 Å². The molecule has 0 radical (unpaired) electrons. The van der Waals surface area contributed by atoms with E-state index in [9.17, 15) is 13.2 Å². The lowest BCUT2D eigenvalue weighted by molar-refractivity contribution is -0.116. The number of rotatable bonds is 7. The molecule has 0 unspecified atom stereocenters. The number of halogens is 1. The second-order valence-corrected chi connectivity index (χ2v) is 8.73. The van der Waals surface area contributed by atoms with Crippen molar-refractivity contribution >= 4 is 38.9 Å². The van der Waals surface area contributed by atoms with Crippen LogP contribution in [0.1, 0.15) is 31.7 Å². The number of hydrogen-bond donors (Lipinski definition) is 1. The number of sulfonamides is 1. The highest BCUT2D eigenvalue weighted by Crippen LogP contribution is 2.21.